The number of rotatable bonds is 3. The molecule has 1 heterocycles. The molecule has 1 nitrogen and oxygen atoms in total. The first-order chi connectivity index (χ1) is 7.37. The lowest BCUT2D eigenvalue weighted by Gasteiger charge is -2.37. The van der Waals surface area contributed by atoms with E-state index in [1.165, 1.54) is 24.8 Å². The molecule has 1 heteroatoms. The summed E-state index contributed by atoms with van der Waals surface area (Å²) in [6, 6.07) is 0. The van der Waals surface area contributed by atoms with Gasteiger partial charge in [0.05, 0.1) is 11.2 Å². The Morgan fingerprint density at radius 3 is 2.50 bits per heavy atom. The van der Waals surface area contributed by atoms with Crippen LogP contribution < -0.4 is 0 Å². The monoisotopic (exact) mass is 222 g/mol. The van der Waals surface area contributed by atoms with E-state index in [1.807, 2.05) is 0 Å². The van der Waals surface area contributed by atoms with Crippen molar-refractivity contribution in [1.29, 1.82) is 0 Å². The summed E-state index contributed by atoms with van der Waals surface area (Å²) in [6.07, 6.45) is 7.31. The molecule has 92 valence electrons. The third-order valence-corrected chi connectivity index (χ3v) is 4.96. The van der Waals surface area contributed by atoms with Crippen molar-refractivity contribution in [2.24, 2.45) is 11.8 Å². The fraction of sp³-hybridized carbons (Fsp3) is 0.867. The molecule has 0 spiro atoms. The smallest absolute Gasteiger partial charge is 0.0696 e. The van der Waals surface area contributed by atoms with Gasteiger partial charge in [-0.05, 0) is 65.2 Å². The van der Waals surface area contributed by atoms with Crippen LogP contribution in [0.2, 0.25) is 0 Å². The van der Waals surface area contributed by atoms with Crippen LogP contribution in [0.5, 0.6) is 0 Å². The molecular weight excluding hydrogens is 196 g/mol. The van der Waals surface area contributed by atoms with Gasteiger partial charge in [0.2, 0.25) is 0 Å². The summed E-state index contributed by atoms with van der Waals surface area (Å²) in [5.74, 6) is 1.52. The van der Waals surface area contributed by atoms with Crippen molar-refractivity contribution in [2.75, 3.05) is 0 Å². The Bertz CT molecular complexity index is 303. The van der Waals surface area contributed by atoms with Crippen LogP contribution in [-0.4, -0.2) is 11.2 Å². The van der Waals surface area contributed by atoms with Crippen molar-refractivity contribution in [3.8, 4) is 0 Å². The summed E-state index contributed by atoms with van der Waals surface area (Å²) >= 11 is 0. The van der Waals surface area contributed by atoms with Crippen molar-refractivity contribution in [3.05, 3.63) is 11.6 Å². The highest BCUT2D eigenvalue weighted by Gasteiger charge is 2.59. The lowest BCUT2D eigenvalue weighted by Crippen LogP contribution is -2.38. The third-order valence-electron chi connectivity index (χ3n) is 4.96. The van der Waals surface area contributed by atoms with E-state index in [0.29, 0.717) is 0 Å². The molecule has 0 aromatic carbocycles. The molecule has 0 N–H and O–H groups in total. The second-order valence-electron chi connectivity index (χ2n) is 6.48. The van der Waals surface area contributed by atoms with Crippen molar-refractivity contribution in [1.82, 2.24) is 0 Å². The van der Waals surface area contributed by atoms with Gasteiger partial charge in [-0.1, -0.05) is 18.6 Å². The molecule has 0 radical (unpaired) electrons. The summed E-state index contributed by atoms with van der Waals surface area (Å²) in [7, 11) is 0. The van der Waals surface area contributed by atoms with E-state index in [4.69, 9.17) is 4.74 Å². The predicted octanol–water partition coefficient (Wildman–Crippen LogP) is 4.33. The molecular formula is C15H26O. The van der Waals surface area contributed by atoms with Gasteiger partial charge in [-0.25, -0.2) is 0 Å². The minimum Gasteiger partial charge on any atom is -0.369 e. The summed E-state index contributed by atoms with van der Waals surface area (Å²) in [5.41, 5.74) is 1.73. The molecule has 1 unspecified atom stereocenters. The Morgan fingerprint density at radius 1 is 1.38 bits per heavy atom. The van der Waals surface area contributed by atoms with E-state index < -0.39 is 0 Å². The first-order valence-electron chi connectivity index (χ1n) is 6.71. The third kappa shape index (κ3) is 1.84. The summed E-state index contributed by atoms with van der Waals surface area (Å²) < 4.78 is 6.40. The highest BCUT2D eigenvalue weighted by atomic mass is 16.5. The Morgan fingerprint density at radius 2 is 2.06 bits per heavy atom. The minimum atomic E-state index is 0.137. The number of allylic oxidation sites excluding steroid dienone is 2. The lowest BCUT2D eigenvalue weighted by molar-refractivity contribution is -0.127. The fourth-order valence-corrected chi connectivity index (χ4v) is 3.82. The quantitative estimate of drug-likeness (QED) is 0.646. The molecule has 0 aromatic rings. The number of hydrogen-bond acceptors (Lipinski definition) is 1. The predicted molar refractivity (Wildman–Crippen MR) is 68.4 cm³/mol. The maximum absolute atomic E-state index is 6.40. The highest BCUT2D eigenvalue weighted by Crippen LogP contribution is 2.58. The zero-order chi connectivity index (χ0) is 12.0. The van der Waals surface area contributed by atoms with Crippen molar-refractivity contribution < 1.29 is 4.74 Å². The van der Waals surface area contributed by atoms with E-state index in [-0.39, 0.29) is 11.2 Å². The number of fused-ring (bicyclic) bond motifs is 2. The molecule has 0 amide bonds. The van der Waals surface area contributed by atoms with Crippen LogP contribution in [0.15, 0.2) is 11.6 Å². The van der Waals surface area contributed by atoms with E-state index in [1.54, 1.807) is 0 Å². The van der Waals surface area contributed by atoms with Crippen LogP contribution in [-0.2, 0) is 4.74 Å². The maximum atomic E-state index is 6.40. The summed E-state index contributed by atoms with van der Waals surface area (Å²) in [4.78, 5) is 0. The first-order valence-corrected chi connectivity index (χ1v) is 6.71. The topological polar surface area (TPSA) is 9.23 Å². The molecule has 1 aliphatic carbocycles. The molecule has 16 heavy (non-hydrogen) atoms. The SMILES string of the molecule is CC(C)=CCC[C@]1(C)OC2(C)CC[C@H]1[C@H]2C. The molecule has 0 aromatic heterocycles. The second kappa shape index (κ2) is 3.87. The highest BCUT2D eigenvalue weighted by molar-refractivity contribution is 5.09. The van der Waals surface area contributed by atoms with Gasteiger partial charge in [0.1, 0.15) is 0 Å². The molecule has 1 aliphatic heterocycles. The Kier molecular flexibility index (Phi) is 2.94. The van der Waals surface area contributed by atoms with Crippen molar-refractivity contribution in [2.45, 2.75) is 71.5 Å². The van der Waals surface area contributed by atoms with E-state index >= 15 is 0 Å². The Balaban J connectivity index is 2.03. The first kappa shape index (κ1) is 12.2. The number of ether oxygens (including phenoxy) is 1. The van der Waals surface area contributed by atoms with Crippen LogP contribution in [0.4, 0.5) is 0 Å². The van der Waals surface area contributed by atoms with Gasteiger partial charge in [-0.2, -0.15) is 0 Å². The van der Waals surface area contributed by atoms with Gasteiger partial charge < -0.3 is 4.74 Å². The van der Waals surface area contributed by atoms with Crippen LogP contribution in [0.3, 0.4) is 0 Å². The zero-order valence-corrected chi connectivity index (χ0v) is 11.5. The van der Waals surface area contributed by atoms with Crippen LogP contribution in [0.25, 0.3) is 0 Å². The van der Waals surface area contributed by atoms with Crippen molar-refractivity contribution >= 4 is 0 Å². The minimum absolute atomic E-state index is 0.137. The average Bonchev–Trinajstić information content (AvgIpc) is 2.51. The molecule has 1 saturated carbocycles. The molecule has 2 aliphatic rings. The van der Waals surface area contributed by atoms with Gasteiger partial charge in [0.15, 0.2) is 0 Å². The maximum Gasteiger partial charge on any atom is 0.0696 e. The second-order valence-corrected chi connectivity index (χ2v) is 6.48. The van der Waals surface area contributed by atoms with Gasteiger partial charge in [0.25, 0.3) is 0 Å². The molecule has 2 fully saturated rings. The van der Waals surface area contributed by atoms with Gasteiger partial charge in [-0.3, -0.25) is 0 Å². The van der Waals surface area contributed by atoms with Crippen molar-refractivity contribution in [3.63, 3.8) is 0 Å². The Hall–Kier alpha value is -0.300. The van der Waals surface area contributed by atoms with E-state index in [2.05, 4.69) is 40.7 Å². The zero-order valence-electron chi connectivity index (χ0n) is 11.5. The average molecular weight is 222 g/mol. The van der Waals surface area contributed by atoms with Crippen LogP contribution in [0, 0.1) is 11.8 Å². The van der Waals surface area contributed by atoms with E-state index in [0.717, 1.165) is 18.3 Å². The summed E-state index contributed by atoms with van der Waals surface area (Å²) in [6.45, 7) is 11.4. The van der Waals surface area contributed by atoms with Gasteiger partial charge in [0, 0.05) is 0 Å². The lowest BCUT2D eigenvalue weighted by atomic mass is 9.80. The van der Waals surface area contributed by atoms with Crippen LogP contribution >= 0.6 is 0 Å². The normalized spacial score (nSPS) is 46.1. The summed E-state index contributed by atoms with van der Waals surface area (Å²) in [5, 5.41) is 0. The molecule has 2 rings (SSSR count). The largest absolute Gasteiger partial charge is 0.369 e. The van der Waals surface area contributed by atoms with E-state index in [9.17, 15) is 0 Å². The molecule has 4 atom stereocenters. The molecule has 2 bridgehead atoms. The Labute approximate surface area is 100 Å². The standard InChI is InChI=1S/C15H26O/c1-11(2)7-6-9-15(5)13-8-10-14(4,16-15)12(13)3/h7,12-13H,6,8-10H2,1-5H3/t12-,13+,14?,15+/m1/s1. The van der Waals surface area contributed by atoms with Gasteiger partial charge >= 0.3 is 0 Å². The number of hydrogen-bond donors (Lipinski definition) is 0. The fourth-order valence-electron chi connectivity index (χ4n) is 3.82. The molecule has 1 saturated heterocycles. The van der Waals surface area contributed by atoms with Crippen LogP contribution in [0.1, 0.15) is 60.3 Å². The van der Waals surface area contributed by atoms with Gasteiger partial charge in [-0.15, -0.1) is 0 Å².